The average molecular weight is 852 g/mol. The number of halogens is 7. The summed E-state index contributed by atoms with van der Waals surface area (Å²) in [5.74, 6) is 3.20. The van der Waals surface area contributed by atoms with Gasteiger partial charge in [-0.05, 0) is 123 Å². The number of alkyl halides is 6. The maximum absolute atomic E-state index is 15.0. The fourth-order valence-corrected chi connectivity index (χ4v) is 11.7. The van der Waals surface area contributed by atoms with Crippen LogP contribution in [0.25, 0.3) is 0 Å². The molecule has 1 unspecified atom stereocenters. The first-order valence-corrected chi connectivity index (χ1v) is 22.3. The number of aryl methyl sites for hydroxylation is 1. The minimum atomic E-state index is -5.58. The average Bonchev–Trinajstić information content (AvgIpc) is 3.51. The van der Waals surface area contributed by atoms with E-state index in [9.17, 15) is 35.5 Å². The van der Waals surface area contributed by atoms with Crippen LogP contribution >= 0.6 is 21.6 Å². The second-order valence-corrected chi connectivity index (χ2v) is 18.5. The molecular formula is C41H52F7NO6S2. The van der Waals surface area contributed by atoms with Gasteiger partial charge in [-0.25, -0.2) is 9.18 Å². The molecule has 318 valence electrons. The number of hydrogen-bond acceptors (Lipinski definition) is 8. The van der Waals surface area contributed by atoms with Gasteiger partial charge in [0, 0.05) is 36.8 Å². The summed E-state index contributed by atoms with van der Waals surface area (Å²) in [6, 6.07) is 10.4. The first kappa shape index (κ1) is 44.0. The van der Waals surface area contributed by atoms with E-state index in [4.69, 9.17) is 18.9 Å². The zero-order valence-electron chi connectivity index (χ0n) is 32.5. The highest BCUT2D eigenvalue weighted by Crippen LogP contribution is 2.61. The molecule has 1 saturated heterocycles. The molecule has 57 heavy (non-hydrogen) atoms. The Labute approximate surface area is 337 Å². The number of carbonyl (C=O) groups is 1. The van der Waals surface area contributed by atoms with Crippen molar-refractivity contribution in [2.45, 2.75) is 115 Å². The summed E-state index contributed by atoms with van der Waals surface area (Å²) in [4.78, 5) is 14.6. The largest absolute Gasteiger partial charge is 0.490 e. The van der Waals surface area contributed by atoms with Crippen molar-refractivity contribution in [2.75, 3.05) is 44.5 Å². The molecule has 3 aliphatic carbocycles. The van der Waals surface area contributed by atoms with Crippen molar-refractivity contribution in [1.82, 2.24) is 4.90 Å². The topological polar surface area (TPSA) is 66.5 Å². The molecule has 3 fully saturated rings. The number of fused-ring (bicyclic) bond motifs is 5. The molecular weight excluding hydrogens is 800 g/mol. The summed E-state index contributed by atoms with van der Waals surface area (Å²) in [5, 5.41) is 0. The van der Waals surface area contributed by atoms with Gasteiger partial charge in [-0.1, -0.05) is 41.5 Å². The molecule has 1 aliphatic heterocycles. The minimum Gasteiger partial charge on any atom is -0.490 e. The van der Waals surface area contributed by atoms with Gasteiger partial charge in [0.25, 0.3) is 5.60 Å². The maximum atomic E-state index is 15.0. The monoisotopic (exact) mass is 851 g/mol. The van der Waals surface area contributed by atoms with Gasteiger partial charge < -0.3 is 28.6 Å². The Morgan fingerprint density at radius 1 is 0.895 bits per heavy atom. The van der Waals surface area contributed by atoms with Gasteiger partial charge in [-0.15, -0.1) is 0 Å². The Morgan fingerprint density at radius 3 is 2.28 bits per heavy atom. The minimum absolute atomic E-state index is 0.0212. The number of hydrogen-bond donors (Lipinski definition) is 0. The Morgan fingerprint density at radius 2 is 1.61 bits per heavy atom. The lowest BCUT2D eigenvalue weighted by Gasteiger charge is -2.50. The molecule has 0 N–H and O–H groups in total. The Kier molecular flexibility index (Phi) is 14.2. The van der Waals surface area contributed by atoms with Gasteiger partial charge in [0.2, 0.25) is 0 Å². The summed E-state index contributed by atoms with van der Waals surface area (Å²) in [6.45, 7) is 4.52. The molecule has 2 aromatic rings. The maximum Gasteiger partial charge on any atom is 0.426 e. The molecule has 1 amide bonds. The Balaban J connectivity index is 0.950. The smallest absolute Gasteiger partial charge is 0.426 e. The van der Waals surface area contributed by atoms with Crippen molar-refractivity contribution < 1.29 is 59.2 Å². The van der Waals surface area contributed by atoms with Crippen molar-refractivity contribution in [3.05, 3.63) is 53.3 Å². The van der Waals surface area contributed by atoms with E-state index in [1.165, 1.54) is 23.3 Å². The summed E-state index contributed by atoms with van der Waals surface area (Å²) < 4.78 is 122. The lowest BCUT2D eigenvalue weighted by Crippen LogP contribution is -2.56. The molecule has 6 atom stereocenters. The number of benzene rings is 2. The van der Waals surface area contributed by atoms with Crippen molar-refractivity contribution >= 4 is 27.7 Å². The predicted octanol–water partition coefficient (Wildman–Crippen LogP) is 11.2. The second-order valence-electron chi connectivity index (χ2n) is 15.9. The van der Waals surface area contributed by atoms with E-state index in [2.05, 4.69) is 23.8 Å². The SMILES string of the molecule is CCCN(C(=O)Oc1ccc(OCCOc2ccc3c(c2)CC[C@@H]2[C@@H]3CC[C@]3(C)[C@@H](OCCCOC(C)(C(F)(F)F)C(F)(F)F)CC[C@@H]23)cc1F)C1CCSSC1. The normalized spacial score (nSPS) is 26.2. The van der Waals surface area contributed by atoms with Crippen LogP contribution in [-0.2, 0) is 15.9 Å². The third-order valence-electron chi connectivity index (χ3n) is 12.4. The van der Waals surface area contributed by atoms with E-state index in [0.29, 0.717) is 30.0 Å². The second kappa shape index (κ2) is 18.4. The van der Waals surface area contributed by atoms with Gasteiger partial charge >= 0.3 is 18.4 Å². The number of ether oxygens (including phenoxy) is 5. The zero-order chi connectivity index (χ0) is 41.0. The molecule has 6 rings (SSSR count). The third-order valence-corrected chi connectivity index (χ3v) is 14.9. The van der Waals surface area contributed by atoms with Crippen LogP contribution in [0.1, 0.15) is 89.2 Å². The van der Waals surface area contributed by atoms with Crippen molar-refractivity contribution in [3.63, 3.8) is 0 Å². The highest BCUT2D eigenvalue weighted by atomic mass is 33.1. The molecule has 1 heterocycles. The first-order valence-electron chi connectivity index (χ1n) is 19.9. The van der Waals surface area contributed by atoms with Gasteiger partial charge in [0.05, 0.1) is 12.7 Å². The highest BCUT2D eigenvalue weighted by Gasteiger charge is 2.69. The highest BCUT2D eigenvalue weighted by molar-refractivity contribution is 8.76. The number of rotatable bonds is 15. The van der Waals surface area contributed by atoms with Gasteiger partial charge in [0.1, 0.15) is 24.7 Å². The Hall–Kier alpha value is -2.56. The molecule has 0 radical (unpaired) electrons. The van der Waals surface area contributed by atoms with E-state index in [1.54, 1.807) is 32.6 Å². The summed E-state index contributed by atoms with van der Waals surface area (Å²) >= 11 is 0. The molecule has 0 bridgehead atoms. The van der Waals surface area contributed by atoms with E-state index >= 15 is 0 Å². The number of amides is 1. The van der Waals surface area contributed by atoms with Gasteiger partial charge in [-0.3, -0.25) is 0 Å². The molecule has 16 heteroatoms. The molecule has 0 aromatic heterocycles. The summed E-state index contributed by atoms with van der Waals surface area (Å²) in [7, 11) is 3.52. The summed E-state index contributed by atoms with van der Waals surface area (Å²) in [6.07, 6.45) is -4.71. The number of nitrogens with zero attached hydrogens (tertiary/aromatic N) is 1. The Bertz CT molecular complexity index is 1660. The first-order chi connectivity index (χ1) is 27.1. The molecule has 7 nitrogen and oxygen atoms in total. The fourth-order valence-electron chi connectivity index (χ4n) is 9.25. The van der Waals surface area contributed by atoms with Crippen LogP contribution < -0.4 is 14.2 Å². The predicted molar refractivity (Wildman–Crippen MR) is 206 cm³/mol. The molecule has 0 spiro atoms. The van der Waals surface area contributed by atoms with E-state index in [0.717, 1.165) is 68.6 Å². The lowest BCUT2D eigenvalue weighted by molar-refractivity contribution is -0.374. The van der Waals surface area contributed by atoms with Crippen LogP contribution in [0.4, 0.5) is 35.5 Å². The molecule has 4 aliphatic rings. The van der Waals surface area contributed by atoms with Crippen molar-refractivity contribution in [3.8, 4) is 17.2 Å². The van der Waals surface area contributed by atoms with Crippen LogP contribution in [0.3, 0.4) is 0 Å². The van der Waals surface area contributed by atoms with Crippen molar-refractivity contribution in [1.29, 1.82) is 0 Å². The van der Waals surface area contributed by atoms with E-state index in [-0.39, 0.29) is 56.5 Å². The zero-order valence-corrected chi connectivity index (χ0v) is 34.2. The molecule has 2 aromatic carbocycles. The van der Waals surface area contributed by atoms with Crippen LogP contribution in [-0.4, -0.2) is 85.6 Å². The van der Waals surface area contributed by atoms with E-state index < -0.39 is 36.5 Å². The lowest BCUT2D eigenvalue weighted by atomic mass is 9.55. The van der Waals surface area contributed by atoms with E-state index in [1.807, 2.05) is 13.0 Å². The standard InChI is InChI=1S/C41H52F7NO6S2/c1-4-17-49(27-15-22-56-57-25-27)37(50)55-35-12-8-29(24-34(35)42)52-21-20-51-28-7-10-30-26(23-28)6-9-32-31(30)14-16-38(2)33(32)11-13-36(38)53-18-5-19-54-39(3,40(43,44)45)41(46,47)48/h7-8,10,12,23-24,27,31-33,36H,4-6,9,11,13-22,25H2,1-3H3/t27?,31-,32-,33+,36+,38+/m1/s1. The van der Waals surface area contributed by atoms with Crippen LogP contribution in [0.15, 0.2) is 36.4 Å². The van der Waals surface area contributed by atoms with Crippen LogP contribution in [0, 0.1) is 23.1 Å². The van der Waals surface area contributed by atoms with Crippen molar-refractivity contribution in [2.24, 2.45) is 17.3 Å². The fraction of sp³-hybridized carbons (Fsp3) is 0.683. The van der Waals surface area contributed by atoms with Crippen LogP contribution in [0.5, 0.6) is 17.2 Å². The summed E-state index contributed by atoms with van der Waals surface area (Å²) in [5.41, 5.74) is -1.77. The van der Waals surface area contributed by atoms with Gasteiger partial charge in [0.15, 0.2) is 11.6 Å². The van der Waals surface area contributed by atoms with Crippen LogP contribution in [0.2, 0.25) is 0 Å². The van der Waals surface area contributed by atoms with Gasteiger partial charge in [-0.2, -0.15) is 26.3 Å². The third kappa shape index (κ3) is 9.75. The number of carbonyl (C=O) groups excluding carboxylic acids is 1. The quantitative estimate of drug-likeness (QED) is 0.0997. The molecule has 2 saturated carbocycles.